The van der Waals surface area contributed by atoms with Crippen LogP contribution in [0.1, 0.15) is 31.2 Å². The highest BCUT2D eigenvalue weighted by Crippen LogP contribution is 2.35. The lowest BCUT2D eigenvalue weighted by Gasteiger charge is -2.13. The van der Waals surface area contributed by atoms with E-state index < -0.39 is 0 Å². The minimum absolute atomic E-state index is 0.140. The highest BCUT2D eigenvalue weighted by atomic mass is 35.5. The fourth-order valence-corrected chi connectivity index (χ4v) is 4.09. The van der Waals surface area contributed by atoms with E-state index in [0.29, 0.717) is 37.8 Å². The lowest BCUT2D eigenvalue weighted by molar-refractivity contribution is -0.140. The first kappa shape index (κ1) is 20.2. The summed E-state index contributed by atoms with van der Waals surface area (Å²) >= 11 is 18.8. The molecule has 1 aliphatic heterocycles. The highest BCUT2D eigenvalue weighted by Gasteiger charge is 2.31. The molecular weight excluding hydrogens is 401 g/mol. The Balaban J connectivity index is 1.96. The molecule has 1 amide bonds. The molecule has 0 bridgehead atoms. The Hall–Kier alpha value is -1.08. The maximum absolute atomic E-state index is 12.6. The third kappa shape index (κ3) is 5.45. The molecule has 4 nitrogen and oxygen atoms in total. The van der Waals surface area contributed by atoms with E-state index in [1.807, 2.05) is 0 Å². The Morgan fingerprint density at radius 2 is 1.96 bits per heavy atom. The van der Waals surface area contributed by atoms with Crippen LogP contribution in [0.4, 0.5) is 0 Å². The van der Waals surface area contributed by atoms with Crippen LogP contribution in [-0.2, 0) is 14.3 Å². The number of carbonyl (C=O) groups is 2. The normalized spacial score (nSPS) is 16.0. The van der Waals surface area contributed by atoms with Crippen molar-refractivity contribution >= 4 is 69.5 Å². The van der Waals surface area contributed by atoms with Crippen LogP contribution in [0, 0.1) is 0 Å². The first-order valence-corrected chi connectivity index (χ1v) is 9.68. The molecule has 0 aromatic heterocycles. The number of carbonyl (C=O) groups excluding carboxylic acids is 2. The number of hydrogen-bond donors (Lipinski definition) is 0. The molecule has 1 aromatic carbocycles. The molecular formula is C17H17Cl2NO3S2. The average molecular weight is 418 g/mol. The van der Waals surface area contributed by atoms with Crippen LogP contribution in [0.3, 0.4) is 0 Å². The molecule has 8 heteroatoms. The summed E-state index contributed by atoms with van der Waals surface area (Å²) in [5.74, 6) is -0.357. The molecule has 0 N–H and O–H groups in total. The van der Waals surface area contributed by atoms with Crippen LogP contribution in [0.25, 0.3) is 6.08 Å². The molecule has 0 radical (unpaired) electrons. The second kappa shape index (κ2) is 9.57. The van der Waals surface area contributed by atoms with E-state index in [4.69, 9.17) is 35.4 Å². The molecule has 0 atom stereocenters. The van der Waals surface area contributed by atoms with Crippen LogP contribution < -0.4 is 0 Å². The van der Waals surface area contributed by atoms with E-state index in [1.54, 1.807) is 29.2 Å². The van der Waals surface area contributed by atoms with Gasteiger partial charge in [0.25, 0.3) is 5.91 Å². The van der Waals surface area contributed by atoms with Gasteiger partial charge in [-0.3, -0.25) is 14.5 Å². The summed E-state index contributed by atoms with van der Waals surface area (Å²) < 4.78 is 5.12. The number of methoxy groups -OCH3 is 1. The van der Waals surface area contributed by atoms with Gasteiger partial charge in [0, 0.05) is 28.6 Å². The molecule has 134 valence electrons. The van der Waals surface area contributed by atoms with Gasteiger partial charge < -0.3 is 4.74 Å². The number of unbranched alkanes of at least 4 members (excludes halogenated alkanes) is 2. The number of amides is 1. The van der Waals surface area contributed by atoms with Gasteiger partial charge in [-0.15, -0.1) is 0 Å². The minimum Gasteiger partial charge on any atom is -0.469 e. The van der Waals surface area contributed by atoms with Gasteiger partial charge in [0.2, 0.25) is 0 Å². The standard InChI is InChI=1S/C17H17Cl2NO3S2/c1-23-15(21)8-3-2-4-9-20-16(22)14(25-17(20)24)10-11-12(18)6-5-7-13(11)19/h5-7,10H,2-4,8-9H2,1H3/b14-10+. The molecule has 0 spiro atoms. The van der Waals surface area contributed by atoms with Crippen LogP contribution in [0.2, 0.25) is 10.0 Å². The second-order valence-corrected chi connectivity index (χ2v) is 7.85. The predicted molar refractivity (Wildman–Crippen MR) is 107 cm³/mol. The van der Waals surface area contributed by atoms with Crippen LogP contribution in [0.15, 0.2) is 23.1 Å². The van der Waals surface area contributed by atoms with E-state index in [1.165, 1.54) is 18.9 Å². The summed E-state index contributed by atoms with van der Waals surface area (Å²) in [4.78, 5) is 25.7. The highest BCUT2D eigenvalue weighted by molar-refractivity contribution is 8.26. The molecule has 1 heterocycles. The van der Waals surface area contributed by atoms with E-state index in [0.717, 1.165) is 19.3 Å². The first-order valence-electron chi connectivity index (χ1n) is 7.70. The fourth-order valence-electron chi connectivity index (χ4n) is 2.29. The maximum atomic E-state index is 12.6. The molecule has 1 aromatic rings. The third-order valence-corrected chi connectivity index (χ3v) is 5.68. The van der Waals surface area contributed by atoms with Crippen molar-refractivity contribution in [3.8, 4) is 0 Å². The molecule has 1 saturated heterocycles. The van der Waals surface area contributed by atoms with Crippen molar-refractivity contribution in [2.24, 2.45) is 0 Å². The quantitative estimate of drug-likeness (QED) is 0.272. The van der Waals surface area contributed by atoms with Gasteiger partial charge in [0.05, 0.1) is 12.0 Å². The Morgan fingerprint density at radius 1 is 1.28 bits per heavy atom. The largest absolute Gasteiger partial charge is 0.469 e. The molecule has 0 unspecified atom stereocenters. The molecule has 1 fully saturated rings. The Morgan fingerprint density at radius 3 is 2.60 bits per heavy atom. The minimum atomic E-state index is -0.217. The molecule has 0 aliphatic carbocycles. The molecule has 0 saturated carbocycles. The van der Waals surface area contributed by atoms with Gasteiger partial charge in [-0.25, -0.2) is 0 Å². The topological polar surface area (TPSA) is 46.6 Å². The first-order chi connectivity index (χ1) is 11.9. The number of rotatable bonds is 7. The van der Waals surface area contributed by atoms with Crippen molar-refractivity contribution in [1.29, 1.82) is 0 Å². The van der Waals surface area contributed by atoms with E-state index in [2.05, 4.69) is 4.74 Å². The van der Waals surface area contributed by atoms with Gasteiger partial charge in [0.1, 0.15) is 4.32 Å². The smallest absolute Gasteiger partial charge is 0.305 e. The number of halogens is 2. The summed E-state index contributed by atoms with van der Waals surface area (Å²) in [5, 5.41) is 0.973. The van der Waals surface area contributed by atoms with Crippen molar-refractivity contribution in [3.63, 3.8) is 0 Å². The van der Waals surface area contributed by atoms with Gasteiger partial charge >= 0.3 is 5.97 Å². The van der Waals surface area contributed by atoms with Crippen molar-refractivity contribution in [2.45, 2.75) is 25.7 Å². The van der Waals surface area contributed by atoms with Gasteiger partial charge in [-0.2, -0.15) is 0 Å². The van der Waals surface area contributed by atoms with Crippen molar-refractivity contribution in [3.05, 3.63) is 38.7 Å². The SMILES string of the molecule is COC(=O)CCCCCN1C(=O)/C(=C\c2c(Cl)cccc2Cl)SC1=S. The lowest BCUT2D eigenvalue weighted by Crippen LogP contribution is -2.29. The zero-order valence-corrected chi connectivity index (χ0v) is 16.7. The number of nitrogens with zero attached hydrogens (tertiary/aromatic N) is 1. The average Bonchev–Trinajstić information content (AvgIpc) is 2.84. The summed E-state index contributed by atoms with van der Waals surface area (Å²) in [6, 6.07) is 5.20. The lowest BCUT2D eigenvalue weighted by atomic mass is 10.2. The van der Waals surface area contributed by atoms with Crippen LogP contribution >= 0.6 is 47.2 Å². The van der Waals surface area contributed by atoms with Gasteiger partial charge in [-0.1, -0.05) is 59.7 Å². The Bertz CT molecular complexity index is 702. The van der Waals surface area contributed by atoms with Crippen molar-refractivity contribution in [1.82, 2.24) is 4.90 Å². The van der Waals surface area contributed by atoms with Crippen molar-refractivity contribution in [2.75, 3.05) is 13.7 Å². The Kier molecular flexibility index (Phi) is 7.75. The van der Waals surface area contributed by atoms with Crippen LogP contribution in [0.5, 0.6) is 0 Å². The number of esters is 1. The van der Waals surface area contributed by atoms with Gasteiger partial charge in [-0.05, 0) is 31.1 Å². The number of hydrogen-bond acceptors (Lipinski definition) is 5. The number of thioether (sulfide) groups is 1. The molecule has 25 heavy (non-hydrogen) atoms. The predicted octanol–water partition coefficient (Wildman–Crippen LogP) is 4.93. The zero-order valence-electron chi connectivity index (χ0n) is 13.6. The molecule has 2 rings (SSSR count). The molecule has 1 aliphatic rings. The third-order valence-electron chi connectivity index (χ3n) is 3.64. The van der Waals surface area contributed by atoms with Gasteiger partial charge in [0.15, 0.2) is 0 Å². The van der Waals surface area contributed by atoms with Crippen LogP contribution in [-0.4, -0.2) is 34.8 Å². The van der Waals surface area contributed by atoms with Crippen molar-refractivity contribution < 1.29 is 14.3 Å². The van der Waals surface area contributed by atoms with E-state index in [9.17, 15) is 9.59 Å². The summed E-state index contributed by atoms with van der Waals surface area (Å²) in [7, 11) is 1.38. The summed E-state index contributed by atoms with van der Waals surface area (Å²) in [6.45, 7) is 0.527. The van der Waals surface area contributed by atoms with E-state index >= 15 is 0 Å². The van der Waals surface area contributed by atoms with E-state index in [-0.39, 0.29) is 11.9 Å². The summed E-state index contributed by atoms with van der Waals surface area (Å²) in [5.41, 5.74) is 0.615. The summed E-state index contributed by atoms with van der Waals surface area (Å²) in [6.07, 6.45) is 4.39. The monoisotopic (exact) mass is 417 g/mol. The maximum Gasteiger partial charge on any atom is 0.305 e. The number of benzene rings is 1. The zero-order chi connectivity index (χ0) is 18.4. The second-order valence-electron chi connectivity index (χ2n) is 5.36. The fraction of sp³-hybridized carbons (Fsp3) is 0.353. The number of ether oxygens (including phenoxy) is 1. The Labute approximate surface area is 166 Å². The number of thiocarbonyl (C=S) groups is 1.